The lowest BCUT2D eigenvalue weighted by Crippen LogP contribution is -1.94. The molecule has 0 heterocycles. The number of hydrogen-bond acceptors (Lipinski definition) is 2. The highest BCUT2D eigenvalue weighted by molar-refractivity contribution is 5.78. The van der Waals surface area contributed by atoms with E-state index in [0.717, 1.165) is 12.0 Å². The molecule has 0 atom stereocenters. The van der Waals surface area contributed by atoms with Crippen molar-refractivity contribution in [1.82, 2.24) is 0 Å². The fourth-order valence-electron chi connectivity index (χ4n) is 1.10. The van der Waals surface area contributed by atoms with Crippen molar-refractivity contribution in [1.29, 1.82) is 0 Å². The summed E-state index contributed by atoms with van der Waals surface area (Å²) in [6, 6.07) is 9.75. The van der Waals surface area contributed by atoms with E-state index in [1.54, 1.807) is 6.92 Å². The SMILES string of the molecule is CC.CC(=O)Cc1ccccc1.CCCC(=O)O. The number of rotatable bonds is 4. The summed E-state index contributed by atoms with van der Waals surface area (Å²) >= 11 is 0. The van der Waals surface area contributed by atoms with Crippen LogP contribution in [0.2, 0.25) is 0 Å². The molecule has 3 nitrogen and oxygen atoms in total. The Bertz CT molecular complexity index is 318. The predicted molar refractivity (Wildman–Crippen MR) is 74.7 cm³/mol. The Labute approximate surface area is 110 Å². The number of carbonyl (C=O) groups excluding carboxylic acids is 1. The molecule has 0 unspecified atom stereocenters. The molecule has 0 saturated carbocycles. The zero-order valence-corrected chi connectivity index (χ0v) is 11.8. The molecule has 0 aliphatic heterocycles. The van der Waals surface area contributed by atoms with Crippen LogP contribution in [0, 0.1) is 0 Å². The van der Waals surface area contributed by atoms with Crippen molar-refractivity contribution in [3.8, 4) is 0 Å². The largest absolute Gasteiger partial charge is 0.481 e. The highest BCUT2D eigenvalue weighted by Crippen LogP contribution is 1.98. The van der Waals surface area contributed by atoms with Gasteiger partial charge in [0.1, 0.15) is 5.78 Å². The maximum atomic E-state index is 10.6. The van der Waals surface area contributed by atoms with Crippen LogP contribution in [0.25, 0.3) is 0 Å². The Balaban J connectivity index is 0. The first-order valence-electron chi connectivity index (χ1n) is 6.31. The molecule has 18 heavy (non-hydrogen) atoms. The Hall–Kier alpha value is -1.64. The van der Waals surface area contributed by atoms with E-state index < -0.39 is 5.97 Å². The molecular formula is C15H24O3. The van der Waals surface area contributed by atoms with E-state index in [1.807, 2.05) is 51.1 Å². The molecule has 3 heteroatoms. The van der Waals surface area contributed by atoms with E-state index in [4.69, 9.17) is 5.11 Å². The van der Waals surface area contributed by atoms with Gasteiger partial charge >= 0.3 is 5.97 Å². The predicted octanol–water partition coefficient (Wildman–Crippen LogP) is 3.72. The van der Waals surface area contributed by atoms with E-state index in [2.05, 4.69) is 0 Å². The van der Waals surface area contributed by atoms with Crippen molar-refractivity contribution >= 4 is 11.8 Å². The third kappa shape index (κ3) is 14.4. The van der Waals surface area contributed by atoms with Gasteiger partial charge in [0, 0.05) is 12.8 Å². The summed E-state index contributed by atoms with van der Waals surface area (Å²) < 4.78 is 0. The summed E-state index contributed by atoms with van der Waals surface area (Å²) in [6.45, 7) is 7.45. The molecule has 0 saturated heterocycles. The van der Waals surface area contributed by atoms with Gasteiger partial charge in [0.15, 0.2) is 0 Å². The minimum atomic E-state index is -0.711. The van der Waals surface area contributed by atoms with Gasteiger partial charge in [-0.25, -0.2) is 0 Å². The molecule has 1 aromatic carbocycles. The minimum absolute atomic E-state index is 0.214. The average molecular weight is 252 g/mol. The van der Waals surface area contributed by atoms with Crippen molar-refractivity contribution in [2.45, 2.75) is 47.0 Å². The van der Waals surface area contributed by atoms with Crippen molar-refractivity contribution < 1.29 is 14.7 Å². The molecule has 1 rings (SSSR count). The van der Waals surface area contributed by atoms with E-state index in [9.17, 15) is 9.59 Å². The first-order chi connectivity index (χ1) is 8.56. The maximum Gasteiger partial charge on any atom is 0.303 e. The zero-order chi connectivity index (χ0) is 14.4. The molecule has 0 bridgehead atoms. The summed E-state index contributed by atoms with van der Waals surface area (Å²) in [4.78, 5) is 20.2. The van der Waals surface area contributed by atoms with Crippen LogP contribution < -0.4 is 0 Å². The quantitative estimate of drug-likeness (QED) is 0.888. The van der Waals surface area contributed by atoms with Gasteiger partial charge in [0.25, 0.3) is 0 Å². The first-order valence-corrected chi connectivity index (χ1v) is 6.31. The van der Waals surface area contributed by atoms with E-state index in [-0.39, 0.29) is 5.78 Å². The highest BCUT2D eigenvalue weighted by Gasteiger charge is 1.93. The lowest BCUT2D eigenvalue weighted by molar-refractivity contribution is -0.137. The zero-order valence-electron chi connectivity index (χ0n) is 11.8. The maximum absolute atomic E-state index is 10.6. The van der Waals surface area contributed by atoms with Crippen LogP contribution in [0.3, 0.4) is 0 Å². The van der Waals surface area contributed by atoms with Crippen molar-refractivity contribution in [2.75, 3.05) is 0 Å². The van der Waals surface area contributed by atoms with Gasteiger partial charge in [-0.3, -0.25) is 9.59 Å². The van der Waals surface area contributed by atoms with Crippen LogP contribution in [0.1, 0.15) is 46.1 Å². The molecule has 0 fully saturated rings. The number of aliphatic carboxylic acids is 1. The molecule has 0 spiro atoms. The van der Waals surface area contributed by atoms with Gasteiger partial charge in [-0.05, 0) is 18.9 Å². The molecule has 1 aromatic rings. The second-order valence-corrected chi connectivity index (χ2v) is 3.51. The number of carboxylic acid groups (broad SMARTS) is 1. The third-order valence-corrected chi connectivity index (χ3v) is 1.76. The molecular weight excluding hydrogens is 228 g/mol. The minimum Gasteiger partial charge on any atom is -0.481 e. The molecule has 0 radical (unpaired) electrons. The van der Waals surface area contributed by atoms with Gasteiger partial charge in [0.05, 0.1) is 0 Å². The monoisotopic (exact) mass is 252 g/mol. The van der Waals surface area contributed by atoms with Crippen molar-refractivity contribution in [3.63, 3.8) is 0 Å². The van der Waals surface area contributed by atoms with Gasteiger partial charge in [-0.1, -0.05) is 51.1 Å². The Kier molecular flexibility index (Phi) is 14.0. The second-order valence-electron chi connectivity index (χ2n) is 3.51. The topological polar surface area (TPSA) is 54.4 Å². The molecule has 0 amide bonds. The summed E-state index contributed by atoms with van der Waals surface area (Å²) in [5, 5.41) is 7.91. The van der Waals surface area contributed by atoms with Gasteiger partial charge in [0.2, 0.25) is 0 Å². The number of carbonyl (C=O) groups is 2. The van der Waals surface area contributed by atoms with Crippen LogP contribution in [-0.2, 0) is 16.0 Å². The van der Waals surface area contributed by atoms with Gasteiger partial charge < -0.3 is 5.11 Å². The van der Waals surface area contributed by atoms with Crippen LogP contribution in [0.5, 0.6) is 0 Å². The van der Waals surface area contributed by atoms with Crippen LogP contribution in [0.15, 0.2) is 30.3 Å². The first kappa shape index (κ1) is 18.7. The van der Waals surface area contributed by atoms with Gasteiger partial charge in [-0.2, -0.15) is 0 Å². The van der Waals surface area contributed by atoms with Crippen molar-refractivity contribution in [2.24, 2.45) is 0 Å². The van der Waals surface area contributed by atoms with E-state index >= 15 is 0 Å². The Morgan fingerprint density at radius 1 is 1.11 bits per heavy atom. The van der Waals surface area contributed by atoms with Crippen LogP contribution in [0.4, 0.5) is 0 Å². The highest BCUT2D eigenvalue weighted by atomic mass is 16.4. The standard InChI is InChI=1S/C9H10O.C4H8O2.C2H6/c1-8(10)7-9-5-3-2-4-6-9;1-2-3-4(5)6;1-2/h2-6H,7H2,1H3;2-3H2,1H3,(H,5,6);1-2H3. The molecule has 0 aliphatic rings. The Morgan fingerprint density at radius 2 is 1.61 bits per heavy atom. The molecule has 0 aliphatic carbocycles. The molecule has 1 N–H and O–H groups in total. The fraction of sp³-hybridized carbons (Fsp3) is 0.467. The summed E-state index contributed by atoms with van der Waals surface area (Å²) in [5.41, 5.74) is 1.09. The summed E-state index contributed by atoms with van der Waals surface area (Å²) in [7, 11) is 0. The second kappa shape index (κ2) is 13.4. The number of carboxylic acids is 1. The average Bonchev–Trinajstić information content (AvgIpc) is 2.32. The van der Waals surface area contributed by atoms with Crippen molar-refractivity contribution in [3.05, 3.63) is 35.9 Å². The van der Waals surface area contributed by atoms with E-state index in [0.29, 0.717) is 12.8 Å². The third-order valence-electron chi connectivity index (χ3n) is 1.76. The van der Waals surface area contributed by atoms with Crippen LogP contribution in [-0.4, -0.2) is 16.9 Å². The number of benzene rings is 1. The summed E-state index contributed by atoms with van der Waals surface area (Å²) in [5.74, 6) is -0.497. The molecule has 0 aromatic heterocycles. The summed E-state index contributed by atoms with van der Waals surface area (Å²) in [6.07, 6.45) is 1.58. The fourth-order valence-corrected chi connectivity index (χ4v) is 1.10. The van der Waals surface area contributed by atoms with Crippen LogP contribution >= 0.6 is 0 Å². The lowest BCUT2D eigenvalue weighted by atomic mass is 10.1. The van der Waals surface area contributed by atoms with Gasteiger partial charge in [-0.15, -0.1) is 0 Å². The van der Waals surface area contributed by atoms with E-state index in [1.165, 1.54) is 0 Å². The number of Topliss-reactive ketones (excluding diaryl/α,β-unsaturated/α-hetero) is 1. The normalized spacial score (nSPS) is 8.22. The Morgan fingerprint density at radius 3 is 1.89 bits per heavy atom. The smallest absolute Gasteiger partial charge is 0.303 e. The number of hydrogen-bond donors (Lipinski definition) is 1. The number of ketones is 1. The molecule has 102 valence electrons. The lowest BCUT2D eigenvalue weighted by Gasteiger charge is -1.93.